The van der Waals surface area contributed by atoms with Crippen LogP contribution in [0, 0.1) is 12.7 Å². The molecule has 128 valence electrons. The maximum atomic E-state index is 13.3. The van der Waals surface area contributed by atoms with Crippen LogP contribution in [0.1, 0.15) is 17.5 Å². The van der Waals surface area contributed by atoms with Crippen LogP contribution < -0.4 is 10.2 Å². The standard InChI is InChI=1S/C20H19FN2O2/c1-14-8-9-16(21)13-17(14)22-19(24)10-11-20(25)23-12-4-6-15-5-2-3-7-18(15)23/h2-3,5,7-11,13H,4,6,12H2,1H3,(H,22,24)/b11-10+. The second kappa shape index (κ2) is 7.30. The molecule has 0 unspecified atom stereocenters. The molecule has 2 amide bonds. The van der Waals surface area contributed by atoms with Gasteiger partial charge in [0.05, 0.1) is 0 Å². The fourth-order valence-corrected chi connectivity index (χ4v) is 2.90. The SMILES string of the molecule is Cc1ccc(F)cc1NC(=O)/C=C/C(=O)N1CCCc2ccccc21. The highest BCUT2D eigenvalue weighted by molar-refractivity contribution is 6.08. The normalized spacial score (nSPS) is 13.6. The monoisotopic (exact) mass is 338 g/mol. The zero-order chi connectivity index (χ0) is 17.8. The molecule has 3 rings (SSSR count). The summed E-state index contributed by atoms with van der Waals surface area (Å²) in [6.45, 7) is 2.40. The minimum atomic E-state index is -0.465. The van der Waals surface area contributed by atoms with Gasteiger partial charge in [-0.05, 0) is 49.1 Å². The Kier molecular flexibility index (Phi) is 4.93. The second-order valence-electron chi connectivity index (χ2n) is 6.00. The minimum absolute atomic E-state index is 0.238. The molecule has 5 heteroatoms. The molecule has 1 N–H and O–H groups in total. The Bertz CT molecular complexity index is 845. The number of nitrogens with zero attached hydrogens (tertiary/aromatic N) is 1. The van der Waals surface area contributed by atoms with Gasteiger partial charge in [-0.25, -0.2) is 4.39 Å². The molecule has 0 atom stereocenters. The number of carbonyl (C=O) groups excluding carboxylic acids is 2. The third kappa shape index (κ3) is 3.94. The molecular weight excluding hydrogens is 319 g/mol. The number of carbonyl (C=O) groups is 2. The van der Waals surface area contributed by atoms with Gasteiger partial charge in [0.15, 0.2) is 0 Å². The molecule has 2 aromatic rings. The van der Waals surface area contributed by atoms with Gasteiger partial charge in [-0.2, -0.15) is 0 Å². The van der Waals surface area contributed by atoms with E-state index in [9.17, 15) is 14.0 Å². The number of anilines is 2. The second-order valence-corrected chi connectivity index (χ2v) is 6.00. The molecule has 1 heterocycles. The first-order chi connectivity index (χ1) is 12.0. The summed E-state index contributed by atoms with van der Waals surface area (Å²) in [5.74, 6) is -1.13. The van der Waals surface area contributed by atoms with E-state index in [1.807, 2.05) is 24.3 Å². The van der Waals surface area contributed by atoms with E-state index in [2.05, 4.69) is 5.32 Å². The van der Waals surface area contributed by atoms with Crippen molar-refractivity contribution in [2.75, 3.05) is 16.8 Å². The van der Waals surface area contributed by atoms with E-state index in [1.165, 1.54) is 24.3 Å². The van der Waals surface area contributed by atoms with E-state index in [1.54, 1.807) is 17.9 Å². The van der Waals surface area contributed by atoms with E-state index in [0.29, 0.717) is 12.2 Å². The van der Waals surface area contributed by atoms with E-state index in [-0.39, 0.29) is 5.91 Å². The molecule has 25 heavy (non-hydrogen) atoms. The highest BCUT2D eigenvalue weighted by atomic mass is 19.1. The van der Waals surface area contributed by atoms with Crippen LogP contribution in [0.5, 0.6) is 0 Å². The van der Waals surface area contributed by atoms with Crippen LogP contribution in [0.4, 0.5) is 15.8 Å². The number of para-hydroxylation sites is 1. The van der Waals surface area contributed by atoms with Crippen molar-refractivity contribution in [2.45, 2.75) is 19.8 Å². The molecule has 0 radical (unpaired) electrons. The molecule has 0 saturated heterocycles. The van der Waals surface area contributed by atoms with Gasteiger partial charge >= 0.3 is 0 Å². The van der Waals surface area contributed by atoms with Gasteiger partial charge in [-0.1, -0.05) is 24.3 Å². The van der Waals surface area contributed by atoms with E-state index in [4.69, 9.17) is 0 Å². The Labute approximate surface area is 146 Å². The number of nitrogens with one attached hydrogen (secondary N) is 1. The van der Waals surface area contributed by atoms with Crippen molar-refractivity contribution < 1.29 is 14.0 Å². The van der Waals surface area contributed by atoms with Crippen LogP contribution in [-0.4, -0.2) is 18.4 Å². The summed E-state index contributed by atoms with van der Waals surface area (Å²) < 4.78 is 13.3. The van der Waals surface area contributed by atoms with Gasteiger partial charge in [0.1, 0.15) is 5.82 Å². The quantitative estimate of drug-likeness (QED) is 0.869. The van der Waals surface area contributed by atoms with E-state index < -0.39 is 11.7 Å². The Morgan fingerprint density at radius 2 is 1.96 bits per heavy atom. The van der Waals surface area contributed by atoms with Gasteiger partial charge in [0.2, 0.25) is 5.91 Å². The summed E-state index contributed by atoms with van der Waals surface area (Å²) in [4.78, 5) is 26.1. The van der Waals surface area contributed by atoms with Crippen molar-refractivity contribution in [3.05, 3.63) is 71.6 Å². The zero-order valence-electron chi connectivity index (χ0n) is 14.0. The molecule has 0 spiro atoms. The summed E-state index contributed by atoms with van der Waals surface area (Å²) in [5, 5.41) is 2.59. The third-order valence-electron chi connectivity index (χ3n) is 4.21. The number of amides is 2. The summed E-state index contributed by atoms with van der Waals surface area (Å²) in [5.41, 5.74) is 3.17. The van der Waals surface area contributed by atoms with Crippen LogP contribution in [-0.2, 0) is 16.0 Å². The fraction of sp³-hybridized carbons (Fsp3) is 0.200. The van der Waals surface area contributed by atoms with Crippen molar-refractivity contribution in [1.82, 2.24) is 0 Å². The molecule has 0 saturated carbocycles. The molecule has 0 fully saturated rings. The Hall–Kier alpha value is -2.95. The highest BCUT2D eigenvalue weighted by Crippen LogP contribution is 2.26. The maximum absolute atomic E-state index is 13.3. The van der Waals surface area contributed by atoms with Gasteiger partial charge in [0.25, 0.3) is 5.91 Å². The topological polar surface area (TPSA) is 49.4 Å². The lowest BCUT2D eigenvalue weighted by Crippen LogP contribution is -2.34. The minimum Gasteiger partial charge on any atom is -0.322 e. The number of benzene rings is 2. The van der Waals surface area contributed by atoms with Gasteiger partial charge in [-0.3, -0.25) is 9.59 Å². The molecule has 2 aromatic carbocycles. The number of fused-ring (bicyclic) bond motifs is 1. The first kappa shape index (κ1) is 16.9. The number of halogens is 1. The number of aryl methyl sites for hydroxylation is 2. The summed E-state index contributed by atoms with van der Waals surface area (Å²) >= 11 is 0. The van der Waals surface area contributed by atoms with Crippen LogP contribution in [0.3, 0.4) is 0 Å². The lowest BCUT2D eigenvalue weighted by atomic mass is 10.0. The molecule has 1 aliphatic rings. The number of hydrogen-bond donors (Lipinski definition) is 1. The van der Waals surface area contributed by atoms with Crippen molar-refractivity contribution >= 4 is 23.2 Å². The molecule has 1 aliphatic heterocycles. The van der Waals surface area contributed by atoms with Crippen molar-refractivity contribution in [1.29, 1.82) is 0 Å². The van der Waals surface area contributed by atoms with Gasteiger partial charge < -0.3 is 10.2 Å². The molecule has 4 nitrogen and oxygen atoms in total. The largest absolute Gasteiger partial charge is 0.322 e. The van der Waals surface area contributed by atoms with E-state index >= 15 is 0 Å². The Balaban J connectivity index is 1.69. The lowest BCUT2D eigenvalue weighted by Gasteiger charge is -2.28. The van der Waals surface area contributed by atoms with Gasteiger partial charge in [-0.15, -0.1) is 0 Å². The lowest BCUT2D eigenvalue weighted by molar-refractivity contribution is -0.115. The van der Waals surface area contributed by atoms with E-state index in [0.717, 1.165) is 29.7 Å². The van der Waals surface area contributed by atoms with Crippen LogP contribution in [0.2, 0.25) is 0 Å². The molecule has 0 aromatic heterocycles. The van der Waals surface area contributed by atoms with Crippen LogP contribution in [0.25, 0.3) is 0 Å². The predicted octanol–water partition coefficient (Wildman–Crippen LogP) is 3.61. The summed E-state index contributed by atoms with van der Waals surface area (Å²) in [6, 6.07) is 12.0. The van der Waals surface area contributed by atoms with Crippen molar-refractivity contribution in [3.63, 3.8) is 0 Å². The highest BCUT2D eigenvalue weighted by Gasteiger charge is 2.20. The average molecular weight is 338 g/mol. The van der Waals surface area contributed by atoms with Gasteiger partial charge in [0, 0.05) is 30.1 Å². The molecular formula is C20H19FN2O2. The van der Waals surface area contributed by atoms with Crippen LogP contribution in [0.15, 0.2) is 54.6 Å². The van der Waals surface area contributed by atoms with Crippen molar-refractivity contribution in [2.24, 2.45) is 0 Å². The zero-order valence-corrected chi connectivity index (χ0v) is 14.0. The molecule has 0 aliphatic carbocycles. The fourth-order valence-electron chi connectivity index (χ4n) is 2.90. The average Bonchev–Trinajstić information content (AvgIpc) is 2.62. The first-order valence-corrected chi connectivity index (χ1v) is 8.19. The van der Waals surface area contributed by atoms with Crippen molar-refractivity contribution in [3.8, 4) is 0 Å². The Morgan fingerprint density at radius 3 is 2.80 bits per heavy atom. The Morgan fingerprint density at radius 1 is 1.16 bits per heavy atom. The maximum Gasteiger partial charge on any atom is 0.251 e. The van der Waals surface area contributed by atoms with Crippen LogP contribution >= 0.6 is 0 Å². The molecule has 0 bridgehead atoms. The number of rotatable bonds is 3. The summed E-state index contributed by atoms with van der Waals surface area (Å²) in [6.07, 6.45) is 4.28. The summed E-state index contributed by atoms with van der Waals surface area (Å²) in [7, 11) is 0. The first-order valence-electron chi connectivity index (χ1n) is 8.19. The smallest absolute Gasteiger partial charge is 0.251 e. The third-order valence-corrected chi connectivity index (χ3v) is 4.21. The predicted molar refractivity (Wildman–Crippen MR) is 96.0 cm³/mol. The number of hydrogen-bond acceptors (Lipinski definition) is 2.